The molecule has 0 unspecified atom stereocenters. The summed E-state index contributed by atoms with van der Waals surface area (Å²) in [6.45, 7) is 3.35. The van der Waals surface area contributed by atoms with Crippen molar-refractivity contribution in [2.24, 2.45) is 0 Å². The minimum atomic E-state index is 0. The first-order valence-electron chi connectivity index (χ1n) is 5.88. The highest BCUT2D eigenvalue weighted by molar-refractivity contribution is 5.85. The molecule has 2 heterocycles. The zero-order valence-electron chi connectivity index (χ0n) is 10.4. The van der Waals surface area contributed by atoms with Crippen LogP contribution in [-0.2, 0) is 4.79 Å². The maximum atomic E-state index is 11.5. The summed E-state index contributed by atoms with van der Waals surface area (Å²) in [5.41, 5.74) is 0.540. The molecule has 1 aromatic heterocycles. The molecule has 1 aliphatic heterocycles. The van der Waals surface area contributed by atoms with Crippen LogP contribution in [0.3, 0.4) is 0 Å². The van der Waals surface area contributed by atoms with Crippen molar-refractivity contribution in [3.63, 3.8) is 0 Å². The van der Waals surface area contributed by atoms with Crippen molar-refractivity contribution < 1.29 is 4.79 Å². The highest BCUT2D eigenvalue weighted by Gasteiger charge is 2.16. The molecule has 0 saturated carbocycles. The van der Waals surface area contributed by atoms with E-state index >= 15 is 0 Å². The minimum Gasteiger partial charge on any atom is -0.368 e. The number of nitrogens with one attached hydrogen (secondary N) is 2. The minimum absolute atomic E-state index is 0. The topological polar surface area (TPSA) is 81.0 Å². The van der Waals surface area contributed by atoms with Gasteiger partial charge in [0.15, 0.2) is 0 Å². The van der Waals surface area contributed by atoms with E-state index in [2.05, 4.69) is 15.6 Å². The molecule has 0 spiro atoms. The molecule has 1 amide bonds. The first kappa shape index (κ1) is 15.2. The fourth-order valence-corrected chi connectivity index (χ4v) is 1.77. The highest BCUT2D eigenvalue weighted by atomic mass is 35.5. The molecule has 0 radical (unpaired) electrons. The number of hydrogen-bond acceptors (Lipinski definition) is 5. The lowest BCUT2D eigenvalue weighted by Gasteiger charge is -2.27. The fraction of sp³-hybridized carbons (Fsp3) is 0.417. The van der Waals surface area contributed by atoms with Crippen molar-refractivity contribution in [2.75, 3.05) is 38.0 Å². The maximum absolute atomic E-state index is 11.5. The summed E-state index contributed by atoms with van der Waals surface area (Å²) in [6.07, 6.45) is 1.53. The molecule has 0 bridgehead atoms. The van der Waals surface area contributed by atoms with Gasteiger partial charge in [0.05, 0.1) is 12.1 Å². The average Bonchev–Trinajstić information content (AvgIpc) is 2.42. The normalized spacial score (nSPS) is 14.5. The smallest absolute Gasteiger partial charge is 0.236 e. The molecule has 102 valence electrons. The van der Waals surface area contributed by atoms with Crippen molar-refractivity contribution >= 4 is 24.1 Å². The largest absolute Gasteiger partial charge is 0.368 e. The molecule has 1 aliphatic rings. The van der Waals surface area contributed by atoms with Crippen LogP contribution in [0.1, 0.15) is 5.56 Å². The standard InChI is InChI=1S/C12H15N5O.ClH/c13-7-10-1-2-11(16-8-10)15-4-6-17-5-3-14-9-12(17)18;/h1-2,8,14H,3-6,9H2,(H,15,16);1H. The van der Waals surface area contributed by atoms with Gasteiger partial charge in [-0.25, -0.2) is 4.98 Å². The van der Waals surface area contributed by atoms with E-state index in [-0.39, 0.29) is 18.3 Å². The van der Waals surface area contributed by atoms with Crippen LogP contribution in [0, 0.1) is 11.3 Å². The number of halogens is 1. The summed E-state index contributed by atoms with van der Waals surface area (Å²) >= 11 is 0. The zero-order chi connectivity index (χ0) is 12.8. The quantitative estimate of drug-likeness (QED) is 0.825. The number of nitrogens with zero attached hydrogens (tertiary/aromatic N) is 3. The van der Waals surface area contributed by atoms with E-state index < -0.39 is 0 Å². The fourth-order valence-electron chi connectivity index (χ4n) is 1.77. The number of pyridine rings is 1. The van der Waals surface area contributed by atoms with Gasteiger partial charge in [-0.2, -0.15) is 5.26 Å². The third-order valence-electron chi connectivity index (χ3n) is 2.77. The predicted molar refractivity (Wildman–Crippen MR) is 74.1 cm³/mol. The second-order valence-electron chi connectivity index (χ2n) is 4.03. The molecule has 0 aromatic carbocycles. The van der Waals surface area contributed by atoms with E-state index in [0.717, 1.165) is 18.9 Å². The number of aromatic nitrogens is 1. The summed E-state index contributed by atoms with van der Waals surface area (Å²) in [5, 5.41) is 14.8. The van der Waals surface area contributed by atoms with Gasteiger partial charge in [0.1, 0.15) is 11.9 Å². The van der Waals surface area contributed by atoms with Crippen LogP contribution in [0.15, 0.2) is 18.3 Å². The Bertz CT molecular complexity index is 456. The number of carbonyl (C=O) groups excluding carboxylic acids is 1. The number of rotatable bonds is 4. The lowest BCUT2D eigenvalue weighted by molar-refractivity contribution is -0.131. The van der Waals surface area contributed by atoms with Gasteiger partial charge in [0, 0.05) is 32.4 Å². The molecular weight excluding hydrogens is 266 g/mol. The molecule has 1 saturated heterocycles. The van der Waals surface area contributed by atoms with Gasteiger partial charge in [-0.3, -0.25) is 4.79 Å². The number of amides is 1. The number of nitriles is 1. The van der Waals surface area contributed by atoms with Crippen molar-refractivity contribution in [1.82, 2.24) is 15.2 Å². The van der Waals surface area contributed by atoms with E-state index in [0.29, 0.717) is 25.2 Å². The van der Waals surface area contributed by atoms with Crippen LogP contribution in [0.5, 0.6) is 0 Å². The summed E-state index contributed by atoms with van der Waals surface area (Å²) in [4.78, 5) is 17.4. The second-order valence-corrected chi connectivity index (χ2v) is 4.03. The molecule has 2 rings (SSSR count). The van der Waals surface area contributed by atoms with Gasteiger partial charge in [-0.1, -0.05) is 0 Å². The number of carbonyl (C=O) groups is 1. The Balaban J connectivity index is 0.00000180. The molecule has 2 N–H and O–H groups in total. The number of anilines is 1. The monoisotopic (exact) mass is 281 g/mol. The van der Waals surface area contributed by atoms with E-state index in [1.54, 1.807) is 12.1 Å². The van der Waals surface area contributed by atoms with Crippen LogP contribution in [-0.4, -0.2) is 48.5 Å². The van der Waals surface area contributed by atoms with E-state index in [1.165, 1.54) is 6.20 Å². The van der Waals surface area contributed by atoms with Gasteiger partial charge in [0.2, 0.25) is 5.91 Å². The van der Waals surface area contributed by atoms with Gasteiger partial charge in [0.25, 0.3) is 0 Å². The Morgan fingerprint density at radius 3 is 3.00 bits per heavy atom. The first-order valence-corrected chi connectivity index (χ1v) is 5.88. The molecular formula is C12H16ClN5O. The molecule has 7 heteroatoms. The summed E-state index contributed by atoms with van der Waals surface area (Å²) in [7, 11) is 0. The zero-order valence-corrected chi connectivity index (χ0v) is 11.2. The van der Waals surface area contributed by atoms with Gasteiger partial charge in [-0.05, 0) is 12.1 Å². The molecule has 1 fully saturated rings. The molecule has 6 nitrogen and oxygen atoms in total. The lowest BCUT2D eigenvalue weighted by atomic mass is 10.3. The van der Waals surface area contributed by atoms with Crippen molar-refractivity contribution in [3.05, 3.63) is 23.9 Å². The third kappa shape index (κ3) is 4.39. The van der Waals surface area contributed by atoms with Crippen LogP contribution < -0.4 is 10.6 Å². The Kier molecular flexibility index (Phi) is 6.06. The molecule has 0 atom stereocenters. The van der Waals surface area contributed by atoms with Gasteiger partial charge in [-0.15, -0.1) is 12.4 Å². The van der Waals surface area contributed by atoms with Crippen LogP contribution in [0.25, 0.3) is 0 Å². The van der Waals surface area contributed by atoms with Crippen molar-refractivity contribution in [1.29, 1.82) is 5.26 Å². The summed E-state index contributed by atoms with van der Waals surface area (Å²) in [5.74, 6) is 0.854. The maximum Gasteiger partial charge on any atom is 0.236 e. The first-order chi connectivity index (χ1) is 8.79. The SMILES string of the molecule is Cl.N#Cc1ccc(NCCN2CCNCC2=O)nc1. The third-order valence-corrected chi connectivity index (χ3v) is 2.77. The Morgan fingerprint density at radius 2 is 2.37 bits per heavy atom. The van der Waals surface area contributed by atoms with Crippen LogP contribution in [0.2, 0.25) is 0 Å². The Labute approximate surface area is 118 Å². The summed E-state index contributed by atoms with van der Waals surface area (Å²) in [6, 6.07) is 5.49. The molecule has 19 heavy (non-hydrogen) atoms. The van der Waals surface area contributed by atoms with Crippen molar-refractivity contribution in [2.45, 2.75) is 0 Å². The van der Waals surface area contributed by atoms with Crippen molar-refractivity contribution in [3.8, 4) is 6.07 Å². The van der Waals surface area contributed by atoms with Crippen LogP contribution >= 0.6 is 12.4 Å². The average molecular weight is 282 g/mol. The van der Waals surface area contributed by atoms with Gasteiger partial charge < -0.3 is 15.5 Å². The van der Waals surface area contributed by atoms with E-state index in [4.69, 9.17) is 5.26 Å². The van der Waals surface area contributed by atoms with E-state index in [1.807, 2.05) is 11.0 Å². The van der Waals surface area contributed by atoms with Gasteiger partial charge >= 0.3 is 0 Å². The van der Waals surface area contributed by atoms with E-state index in [9.17, 15) is 4.79 Å². The van der Waals surface area contributed by atoms with Crippen LogP contribution in [0.4, 0.5) is 5.82 Å². The second kappa shape index (κ2) is 7.56. The number of piperazine rings is 1. The highest BCUT2D eigenvalue weighted by Crippen LogP contribution is 2.03. The Hall–Kier alpha value is -1.84. The summed E-state index contributed by atoms with van der Waals surface area (Å²) < 4.78 is 0. The Morgan fingerprint density at radius 1 is 1.53 bits per heavy atom. The predicted octanol–water partition coefficient (Wildman–Crippen LogP) is 0.219. The number of hydrogen-bond donors (Lipinski definition) is 2. The molecule has 0 aliphatic carbocycles. The molecule has 1 aromatic rings. The lowest BCUT2D eigenvalue weighted by Crippen LogP contribution is -2.49.